The van der Waals surface area contributed by atoms with Crippen LogP contribution in [0.5, 0.6) is 0 Å². The van der Waals surface area contributed by atoms with Crippen LogP contribution < -0.4 is 5.32 Å². The summed E-state index contributed by atoms with van der Waals surface area (Å²) in [6.45, 7) is 3.39. The van der Waals surface area contributed by atoms with Crippen LogP contribution in [-0.4, -0.2) is 18.5 Å². The van der Waals surface area contributed by atoms with Crippen molar-refractivity contribution in [3.63, 3.8) is 0 Å². The molecule has 1 heterocycles. The number of halogens is 1. The Bertz CT molecular complexity index is 79.0. The highest BCUT2D eigenvalue weighted by molar-refractivity contribution is 6.18. The van der Waals surface area contributed by atoms with Crippen LogP contribution in [0.4, 0.5) is 0 Å². The number of nitrogens with one attached hydrogen (secondary N) is 1. The van der Waals surface area contributed by atoms with E-state index in [9.17, 15) is 0 Å². The summed E-state index contributed by atoms with van der Waals surface area (Å²) in [7, 11) is 0. The first-order chi connectivity index (χ1) is 4.34. The van der Waals surface area contributed by atoms with Gasteiger partial charge in [0.25, 0.3) is 0 Å². The molecular weight excluding hydrogens is 134 g/mol. The summed E-state index contributed by atoms with van der Waals surface area (Å²) in [6, 6.07) is 0.697. The summed E-state index contributed by atoms with van der Waals surface area (Å²) in [5, 5.41) is 3.42. The summed E-state index contributed by atoms with van der Waals surface area (Å²) in [5.41, 5.74) is 0. The number of hydrogen-bond acceptors (Lipinski definition) is 1. The summed E-state index contributed by atoms with van der Waals surface area (Å²) < 4.78 is 0. The third-order valence-electron chi connectivity index (χ3n) is 2.03. The third kappa shape index (κ3) is 1.84. The van der Waals surface area contributed by atoms with E-state index in [4.69, 9.17) is 11.6 Å². The Kier molecular flexibility index (Phi) is 2.80. The van der Waals surface area contributed by atoms with Crippen molar-refractivity contribution in [1.29, 1.82) is 0 Å². The maximum atomic E-state index is 5.69. The molecule has 0 aromatic heterocycles. The second-order valence-electron chi connectivity index (χ2n) is 2.83. The Morgan fingerprint density at radius 3 is 3.00 bits per heavy atom. The molecule has 1 aliphatic rings. The molecule has 0 aliphatic carbocycles. The molecule has 2 heteroatoms. The molecule has 0 bridgehead atoms. The van der Waals surface area contributed by atoms with Crippen LogP contribution in [0.25, 0.3) is 0 Å². The fourth-order valence-electron chi connectivity index (χ4n) is 1.30. The average molecular weight is 148 g/mol. The fourth-order valence-corrected chi connectivity index (χ4v) is 1.52. The van der Waals surface area contributed by atoms with Crippen LogP contribution in [0.3, 0.4) is 0 Å². The summed E-state index contributed by atoms with van der Waals surface area (Å²) in [5.74, 6) is 1.44. The van der Waals surface area contributed by atoms with E-state index in [0.717, 1.165) is 5.88 Å². The summed E-state index contributed by atoms with van der Waals surface area (Å²) in [4.78, 5) is 0. The molecule has 0 amide bonds. The van der Waals surface area contributed by atoms with E-state index in [2.05, 4.69) is 12.2 Å². The average Bonchev–Trinajstić information content (AvgIpc) is 2.37. The molecule has 0 unspecified atom stereocenters. The van der Waals surface area contributed by atoms with Crippen molar-refractivity contribution >= 4 is 11.6 Å². The lowest BCUT2D eigenvalue weighted by molar-refractivity contribution is 0.457. The predicted octanol–water partition coefficient (Wildman–Crippen LogP) is 1.61. The van der Waals surface area contributed by atoms with Gasteiger partial charge in [-0.1, -0.05) is 6.92 Å². The van der Waals surface area contributed by atoms with E-state index < -0.39 is 0 Å². The monoisotopic (exact) mass is 147 g/mol. The Morgan fingerprint density at radius 2 is 2.56 bits per heavy atom. The van der Waals surface area contributed by atoms with Crippen LogP contribution in [0.2, 0.25) is 0 Å². The van der Waals surface area contributed by atoms with Gasteiger partial charge in [0.2, 0.25) is 0 Å². The number of rotatable bonds is 2. The lowest BCUT2D eigenvalue weighted by atomic mass is 10.0. The molecular formula is C7H14ClN. The van der Waals surface area contributed by atoms with E-state index in [1.807, 2.05) is 0 Å². The minimum atomic E-state index is 0.647. The van der Waals surface area contributed by atoms with Crippen LogP contribution in [0.15, 0.2) is 0 Å². The second-order valence-corrected chi connectivity index (χ2v) is 3.14. The van der Waals surface area contributed by atoms with Crippen molar-refractivity contribution in [2.24, 2.45) is 5.92 Å². The van der Waals surface area contributed by atoms with Crippen molar-refractivity contribution in [2.45, 2.75) is 25.8 Å². The zero-order chi connectivity index (χ0) is 6.69. The zero-order valence-corrected chi connectivity index (χ0v) is 6.62. The third-order valence-corrected chi connectivity index (χ3v) is 2.52. The first-order valence-corrected chi connectivity index (χ1v) is 4.17. The largest absolute Gasteiger partial charge is 0.314 e. The van der Waals surface area contributed by atoms with Gasteiger partial charge in [0.1, 0.15) is 0 Å². The molecule has 1 nitrogen and oxygen atoms in total. The maximum Gasteiger partial charge on any atom is 0.0263 e. The SMILES string of the molecule is C[C@H](CCl)[C@@H]1CCCN1. The highest BCUT2D eigenvalue weighted by Gasteiger charge is 2.19. The van der Waals surface area contributed by atoms with Gasteiger partial charge in [-0.2, -0.15) is 0 Å². The molecule has 0 saturated carbocycles. The second kappa shape index (κ2) is 3.43. The molecule has 0 aromatic carbocycles. The Hall–Kier alpha value is 0.250. The fraction of sp³-hybridized carbons (Fsp3) is 1.00. The lowest BCUT2D eigenvalue weighted by Crippen LogP contribution is -2.29. The topological polar surface area (TPSA) is 12.0 Å². The number of hydrogen-bond donors (Lipinski definition) is 1. The Balaban J connectivity index is 2.24. The van der Waals surface area contributed by atoms with E-state index in [0.29, 0.717) is 12.0 Å². The molecule has 1 N–H and O–H groups in total. The molecule has 1 aliphatic heterocycles. The van der Waals surface area contributed by atoms with Gasteiger partial charge in [0, 0.05) is 11.9 Å². The van der Waals surface area contributed by atoms with Crippen molar-refractivity contribution < 1.29 is 0 Å². The predicted molar refractivity (Wildman–Crippen MR) is 40.9 cm³/mol. The quantitative estimate of drug-likeness (QED) is 0.586. The van der Waals surface area contributed by atoms with Crippen molar-refractivity contribution in [3.8, 4) is 0 Å². The molecule has 0 aromatic rings. The Morgan fingerprint density at radius 1 is 1.78 bits per heavy atom. The van der Waals surface area contributed by atoms with Crippen LogP contribution in [0, 0.1) is 5.92 Å². The molecule has 0 radical (unpaired) electrons. The van der Waals surface area contributed by atoms with E-state index in [1.54, 1.807) is 0 Å². The van der Waals surface area contributed by atoms with E-state index >= 15 is 0 Å². The molecule has 1 fully saturated rings. The van der Waals surface area contributed by atoms with Gasteiger partial charge < -0.3 is 5.32 Å². The van der Waals surface area contributed by atoms with Crippen LogP contribution >= 0.6 is 11.6 Å². The van der Waals surface area contributed by atoms with Crippen LogP contribution in [0.1, 0.15) is 19.8 Å². The van der Waals surface area contributed by atoms with Gasteiger partial charge in [-0.25, -0.2) is 0 Å². The first kappa shape index (κ1) is 7.36. The maximum absolute atomic E-state index is 5.69. The molecule has 1 rings (SSSR count). The van der Waals surface area contributed by atoms with Gasteiger partial charge in [0.15, 0.2) is 0 Å². The molecule has 0 spiro atoms. The Labute approximate surface area is 61.8 Å². The van der Waals surface area contributed by atoms with Crippen molar-refractivity contribution in [2.75, 3.05) is 12.4 Å². The van der Waals surface area contributed by atoms with Gasteiger partial charge >= 0.3 is 0 Å². The lowest BCUT2D eigenvalue weighted by Gasteiger charge is -2.15. The van der Waals surface area contributed by atoms with Gasteiger partial charge in [-0.05, 0) is 25.3 Å². The zero-order valence-electron chi connectivity index (χ0n) is 5.86. The summed E-state index contributed by atoms with van der Waals surface area (Å²) >= 11 is 5.69. The standard InChI is InChI=1S/C7H14ClN/c1-6(5-8)7-3-2-4-9-7/h6-7,9H,2-5H2,1H3/t6-,7+/m1/s1. The van der Waals surface area contributed by atoms with E-state index in [-0.39, 0.29) is 0 Å². The first-order valence-electron chi connectivity index (χ1n) is 3.64. The smallest absolute Gasteiger partial charge is 0.0263 e. The van der Waals surface area contributed by atoms with E-state index in [1.165, 1.54) is 19.4 Å². The van der Waals surface area contributed by atoms with Crippen molar-refractivity contribution in [1.82, 2.24) is 5.32 Å². The van der Waals surface area contributed by atoms with Crippen LogP contribution in [-0.2, 0) is 0 Å². The number of alkyl halides is 1. The molecule has 9 heavy (non-hydrogen) atoms. The molecule has 54 valence electrons. The minimum Gasteiger partial charge on any atom is -0.314 e. The molecule has 1 saturated heterocycles. The molecule has 2 atom stereocenters. The normalized spacial score (nSPS) is 30.7. The summed E-state index contributed by atoms with van der Waals surface area (Å²) in [6.07, 6.45) is 2.64. The highest BCUT2D eigenvalue weighted by atomic mass is 35.5. The van der Waals surface area contributed by atoms with Gasteiger partial charge in [0.05, 0.1) is 0 Å². The van der Waals surface area contributed by atoms with Gasteiger partial charge in [-0.15, -0.1) is 11.6 Å². The van der Waals surface area contributed by atoms with Gasteiger partial charge in [-0.3, -0.25) is 0 Å². The minimum absolute atomic E-state index is 0.647. The highest BCUT2D eigenvalue weighted by Crippen LogP contribution is 2.14. The van der Waals surface area contributed by atoms with Crippen molar-refractivity contribution in [3.05, 3.63) is 0 Å².